The predicted molar refractivity (Wildman–Crippen MR) is 109 cm³/mol. The lowest BCUT2D eigenvalue weighted by Crippen LogP contribution is -2.46. The normalized spacial score (nSPS) is 15.9. The summed E-state index contributed by atoms with van der Waals surface area (Å²) in [6.45, 7) is 5.96. The van der Waals surface area contributed by atoms with Gasteiger partial charge < -0.3 is 5.11 Å². The minimum Gasteiger partial charge on any atom is -0.395 e. The molecule has 4 rings (SSSR count). The molecule has 138 valence electrons. The van der Waals surface area contributed by atoms with Gasteiger partial charge in [0.1, 0.15) is 6.07 Å². The molecule has 1 aliphatic heterocycles. The highest BCUT2D eigenvalue weighted by Gasteiger charge is 2.18. The molecule has 1 aromatic carbocycles. The Kier molecular flexibility index (Phi) is 5.46. The van der Waals surface area contributed by atoms with E-state index >= 15 is 0 Å². The van der Waals surface area contributed by atoms with Gasteiger partial charge in [0.25, 0.3) is 0 Å². The maximum Gasteiger partial charge on any atom is 0.101 e. The van der Waals surface area contributed by atoms with Crippen LogP contribution in [0.4, 0.5) is 0 Å². The molecule has 0 saturated carbocycles. The lowest BCUT2D eigenvalue weighted by molar-refractivity contribution is 0.109. The van der Waals surface area contributed by atoms with E-state index in [-0.39, 0.29) is 6.61 Å². The summed E-state index contributed by atoms with van der Waals surface area (Å²) in [7, 11) is 0. The lowest BCUT2D eigenvalue weighted by atomic mass is 10.1. The quantitative estimate of drug-likeness (QED) is 0.740. The maximum atomic E-state index is 9.56. The molecule has 1 saturated heterocycles. The molecule has 1 aliphatic rings. The van der Waals surface area contributed by atoms with Crippen LogP contribution in [0.5, 0.6) is 0 Å². The van der Waals surface area contributed by atoms with Gasteiger partial charge in [-0.1, -0.05) is 18.2 Å². The van der Waals surface area contributed by atoms with Gasteiger partial charge in [0.15, 0.2) is 0 Å². The predicted octanol–water partition coefficient (Wildman–Crippen LogP) is 2.94. The summed E-state index contributed by atoms with van der Waals surface area (Å²) in [4.78, 5) is 11.8. The minimum atomic E-state index is 0.230. The average molecular weight is 379 g/mol. The van der Waals surface area contributed by atoms with Crippen molar-refractivity contribution in [3.8, 4) is 16.6 Å². The molecule has 0 atom stereocenters. The molecule has 0 bridgehead atoms. The Morgan fingerprint density at radius 1 is 1.07 bits per heavy atom. The van der Waals surface area contributed by atoms with Crippen LogP contribution >= 0.6 is 11.3 Å². The van der Waals surface area contributed by atoms with Crippen molar-refractivity contribution in [2.45, 2.75) is 6.54 Å². The summed E-state index contributed by atoms with van der Waals surface area (Å²) >= 11 is 1.72. The van der Waals surface area contributed by atoms with Crippen LogP contribution < -0.4 is 0 Å². The Morgan fingerprint density at radius 2 is 1.85 bits per heavy atom. The number of rotatable bonds is 5. The molecule has 3 heterocycles. The van der Waals surface area contributed by atoms with Crippen LogP contribution in [0.1, 0.15) is 10.4 Å². The number of aliphatic hydroxyl groups is 1. The fourth-order valence-corrected chi connectivity index (χ4v) is 4.57. The van der Waals surface area contributed by atoms with Crippen molar-refractivity contribution in [2.24, 2.45) is 0 Å². The van der Waals surface area contributed by atoms with Gasteiger partial charge in [-0.3, -0.25) is 9.80 Å². The number of aliphatic hydroxyl groups excluding tert-OH is 1. The molecular formula is C21H22N4OS. The number of piperazine rings is 1. The van der Waals surface area contributed by atoms with Crippen LogP contribution in [-0.4, -0.2) is 59.2 Å². The number of nitrogens with zero attached hydrogens (tertiary/aromatic N) is 4. The van der Waals surface area contributed by atoms with E-state index in [0.717, 1.165) is 60.7 Å². The first-order valence-corrected chi connectivity index (χ1v) is 10.0. The minimum absolute atomic E-state index is 0.230. The van der Waals surface area contributed by atoms with E-state index in [1.54, 1.807) is 11.3 Å². The molecule has 1 fully saturated rings. The lowest BCUT2D eigenvalue weighted by Gasteiger charge is -2.34. The van der Waals surface area contributed by atoms with Crippen LogP contribution in [0, 0.1) is 11.3 Å². The Bertz CT molecular complexity index is 970. The van der Waals surface area contributed by atoms with E-state index in [9.17, 15) is 5.26 Å². The third-order valence-electron chi connectivity index (χ3n) is 5.00. The summed E-state index contributed by atoms with van der Waals surface area (Å²) in [5.41, 5.74) is 2.32. The Hall–Kier alpha value is -2.30. The van der Waals surface area contributed by atoms with Crippen molar-refractivity contribution in [3.05, 3.63) is 52.9 Å². The van der Waals surface area contributed by atoms with Gasteiger partial charge >= 0.3 is 0 Å². The fourth-order valence-electron chi connectivity index (χ4n) is 3.51. The first-order valence-electron chi connectivity index (χ1n) is 9.21. The third-order valence-corrected chi connectivity index (χ3v) is 6.08. The van der Waals surface area contributed by atoms with Crippen molar-refractivity contribution in [1.82, 2.24) is 14.8 Å². The monoisotopic (exact) mass is 378 g/mol. The zero-order valence-electron chi connectivity index (χ0n) is 15.1. The van der Waals surface area contributed by atoms with Gasteiger partial charge in [0.05, 0.1) is 28.3 Å². The van der Waals surface area contributed by atoms with E-state index in [4.69, 9.17) is 10.1 Å². The number of fused-ring (bicyclic) bond motifs is 1. The molecule has 0 spiro atoms. The number of nitriles is 1. The largest absolute Gasteiger partial charge is 0.395 e. The molecule has 2 aromatic heterocycles. The number of hydrogen-bond donors (Lipinski definition) is 1. The SMILES string of the molecule is N#Cc1cc2ccccc2nc1-c1ccc(CN2CCN(CCO)CC2)s1. The smallest absolute Gasteiger partial charge is 0.101 e. The Balaban J connectivity index is 1.51. The van der Waals surface area contributed by atoms with Gasteiger partial charge in [0.2, 0.25) is 0 Å². The molecule has 1 N–H and O–H groups in total. The van der Waals surface area contributed by atoms with Crippen LogP contribution in [0.2, 0.25) is 0 Å². The summed E-state index contributed by atoms with van der Waals surface area (Å²) in [6, 6.07) is 16.4. The number of thiophene rings is 1. The average Bonchev–Trinajstić information content (AvgIpc) is 3.17. The third kappa shape index (κ3) is 4.02. The van der Waals surface area contributed by atoms with Crippen molar-refractivity contribution >= 4 is 22.2 Å². The van der Waals surface area contributed by atoms with E-state index < -0.39 is 0 Å². The topological polar surface area (TPSA) is 63.4 Å². The first kappa shape index (κ1) is 18.1. The highest BCUT2D eigenvalue weighted by molar-refractivity contribution is 7.15. The van der Waals surface area contributed by atoms with Gasteiger partial charge in [0, 0.05) is 49.5 Å². The van der Waals surface area contributed by atoms with Crippen LogP contribution in [-0.2, 0) is 6.54 Å². The second kappa shape index (κ2) is 8.15. The highest BCUT2D eigenvalue weighted by atomic mass is 32.1. The van der Waals surface area contributed by atoms with E-state index in [1.165, 1.54) is 4.88 Å². The number of para-hydroxylation sites is 1. The van der Waals surface area contributed by atoms with E-state index in [0.29, 0.717) is 5.56 Å². The van der Waals surface area contributed by atoms with Crippen molar-refractivity contribution < 1.29 is 5.11 Å². The Morgan fingerprint density at radius 3 is 2.63 bits per heavy atom. The van der Waals surface area contributed by atoms with Gasteiger partial charge in [-0.2, -0.15) is 5.26 Å². The second-order valence-corrected chi connectivity index (χ2v) is 7.96. The van der Waals surface area contributed by atoms with Gasteiger partial charge in [-0.15, -0.1) is 11.3 Å². The van der Waals surface area contributed by atoms with Crippen molar-refractivity contribution in [1.29, 1.82) is 5.26 Å². The second-order valence-electron chi connectivity index (χ2n) is 6.80. The number of hydrogen-bond acceptors (Lipinski definition) is 6. The molecule has 5 nitrogen and oxygen atoms in total. The molecule has 3 aromatic rings. The van der Waals surface area contributed by atoms with Crippen LogP contribution in [0.25, 0.3) is 21.5 Å². The number of benzene rings is 1. The van der Waals surface area contributed by atoms with Gasteiger partial charge in [-0.05, 0) is 24.3 Å². The van der Waals surface area contributed by atoms with E-state index in [1.807, 2.05) is 30.3 Å². The molecule has 0 amide bonds. The maximum absolute atomic E-state index is 9.56. The Labute approximate surface area is 163 Å². The molecule has 27 heavy (non-hydrogen) atoms. The summed E-state index contributed by atoms with van der Waals surface area (Å²) in [5, 5.41) is 19.6. The molecule has 0 unspecified atom stereocenters. The van der Waals surface area contributed by atoms with Crippen molar-refractivity contribution in [3.63, 3.8) is 0 Å². The number of pyridine rings is 1. The molecule has 0 radical (unpaired) electrons. The molecule has 6 heteroatoms. The summed E-state index contributed by atoms with van der Waals surface area (Å²) in [6.07, 6.45) is 0. The summed E-state index contributed by atoms with van der Waals surface area (Å²) < 4.78 is 0. The van der Waals surface area contributed by atoms with Gasteiger partial charge in [-0.25, -0.2) is 4.98 Å². The van der Waals surface area contributed by atoms with Crippen LogP contribution in [0.15, 0.2) is 42.5 Å². The zero-order chi connectivity index (χ0) is 18.6. The first-order chi connectivity index (χ1) is 13.3. The summed E-state index contributed by atoms with van der Waals surface area (Å²) in [5.74, 6) is 0. The number of aromatic nitrogens is 1. The molecule has 0 aliphatic carbocycles. The highest BCUT2D eigenvalue weighted by Crippen LogP contribution is 2.31. The number of β-amino-alcohol motifs (C(OH)–C–C–N with tert-alkyl or cyclic N) is 1. The van der Waals surface area contributed by atoms with Crippen LogP contribution in [0.3, 0.4) is 0 Å². The molecular weight excluding hydrogens is 356 g/mol. The zero-order valence-corrected chi connectivity index (χ0v) is 16.0. The van der Waals surface area contributed by atoms with E-state index in [2.05, 4.69) is 28.0 Å². The fraction of sp³-hybridized carbons (Fsp3) is 0.333. The van der Waals surface area contributed by atoms with Crippen molar-refractivity contribution in [2.75, 3.05) is 39.3 Å². The standard InChI is InChI=1S/C21H22N4OS/c22-14-17-13-16-3-1-2-4-19(16)23-21(17)20-6-5-18(27-20)15-25-9-7-24(8-10-25)11-12-26/h1-6,13,26H,7-12,15H2.